The maximum absolute atomic E-state index is 14.2. The van der Waals surface area contributed by atoms with Gasteiger partial charge in [0.1, 0.15) is 11.6 Å². The van der Waals surface area contributed by atoms with Gasteiger partial charge in [-0.2, -0.15) is 5.10 Å². The van der Waals surface area contributed by atoms with Gasteiger partial charge in [0.15, 0.2) is 0 Å². The first-order valence-electron chi connectivity index (χ1n) is 5.76. The molecule has 0 bridgehead atoms. The number of nitrogens with one attached hydrogen (secondary N) is 1. The first kappa shape index (κ1) is 14.0. The molecule has 0 aliphatic heterocycles. The van der Waals surface area contributed by atoms with Crippen molar-refractivity contribution in [2.75, 3.05) is 7.05 Å². The smallest absolute Gasteiger partial charge is 0.134 e. The fourth-order valence-corrected chi connectivity index (χ4v) is 2.38. The Hall–Kier alpha value is -1.46. The summed E-state index contributed by atoms with van der Waals surface area (Å²) in [5, 5.41) is 7.24. The number of hydrogen-bond acceptors (Lipinski definition) is 2. The van der Waals surface area contributed by atoms with E-state index < -0.39 is 17.7 Å². The van der Waals surface area contributed by atoms with E-state index in [0.717, 1.165) is 0 Å². The summed E-state index contributed by atoms with van der Waals surface area (Å²) >= 11 is 6.04. The summed E-state index contributed by atoms with van der Waals surface area (Å²) in [5.41, 5.74) is 0.857. The van der Waals surface area contributed by atoms with Crippen LogP contribution in [0.4, 0.5) is 8.78 Å². The second-order valence-corrected chi connectivity index (χ2v) is 4.72. The summed E-state index contributed by atoms with van der Waals surface area (Å²) in [5.74, 6) is -1.18. The van der Waals surface area contributed by atoms with E-state index in [4.69, 9.17) is 11.6 Å². The first-order valence-corrected chi connectivity index (χ1v) is 6.14. The summed E-state index contributed by atoms with van der Waals surface area (Å²) in [6.07, 6.45) is 1.45. The van der Waals surface area contributed by atoms with Crippen LogP contribution in [0.2, 0.25) is 5.02 Å². The fraction of sp³-hybridized carbons (Fsp3) is 0.308. The quantitative estimate of drug-likeness (QED) is 0.940. The Bertz CT molecular complexity index is 591. The predicted octanol–water partition coefficient (Wildman–Crippen LogP) is 2.97. The van der Waals surface area contributed by atoms with Crippen molar-refractivity contribution in [1.29, 1.82) is 0 Å². The number of aryl methyl sites for hydroxylation is 2. The zero-order chi connectivity index (χ0) is 14.2. The molecule has 6 heteroatoms. The third-order valence-electron chi connectivity index (χ3n) is 3.11. The Morgan fingerprint density at radius 2 is 2.05 bits per heavy atom. The van der Waals surface area contributed by atoms with Crippen molar-refractivity contribution < 1.29 is 8.78 Å². The second kappa shape index (κ2) is 5.27. The monoisotopic (exact) mass is 285 g/mol. The lowest BCUT2D eigenvalue weighted by molar-refractivity contribution is 0.503. The maximum Gasteiger partial charge on any atom is 0.134 e. The molecule has 0 amide bonds. The summed E-state index contributed by atoms with van der Waals surface area (Å²) in [6.45, 7) is 1.59. The second-order valence-electron chi connectivity index (χ2n) is 4.31. The topological polar surface area (TPSA) is 29.9 Å². The van der Waals surface area contributed by atoms with Gasteiger partial charge in [-0.05, 0) is 25.6 Å². The SMILES string of the molecule is CNC(c1c(F)ccc(C)c1F)c1c(Cl)cnn1C. The van der Waals surface area contributed by atoms with Crippen molar-refractivity contribution in [2.45, 2.75) is 13.0 Å². The van der Waals surface area contributed by atoms with Gasteiger partial charge in [-0.3, -0.25) is 4.68 Å². The number of benzene rings is 1. The Kier molecular flexibility index (Phi) is 3.87. The van der Waals surface area contributed by atoms with Crippen LogP contribution in [0.25, 0.3) is 0 Å². The van der Waals surface area contributed by atoms with Gasteiger partial charge in [-0.25, -0.2) is 8.78 Å². The minimum absolute atomic E-state index is 0.0481. The summed E-state index contributed by atoms with van der Waals surface area (Å²) in [6, 6.07) is 1.97. The molecular formula is C13H14ClF2N3. The number of rotatable bonds is 3. The molecule has 3 nitrogen and oxygen atoms in total. The Morgan fingerprint density at radius 1 is 1.37 bits per heavy atom. The van der Waals surface area contributed by atoms with Gasteiger partial charge < -0.3 is 5.32 Å². The third-order valence-corrected chi connectivity index (χ3v) is 3.40. The standard InChI is InChI=1S/C13H14ClF2N3/c1-7-4-5-9(15)10(11(7)16)12(17-2)13-8(14)6-18-19(13)3/h4-6,12,17H,1-3H3. The molecule has 1 atom stereocenters. The molecule has 19 heavy (non-hydrogen) atoms. The van der Waals surface area contributed by atoms with E-state index in [1.165, 1.54) is 23.0 Å². The molecule has 0 aliphatic carbocycles. The minimum atomic E-state index is -0.695. The molecule has 2 aromatic rings. The molecule has 1 aromatic carbocycles. The molecule has 0 radical (unpaired) electrons. The van der Waals surface area contributed by atoms with Crippen LogP contribution < -0.4 is 5.32 Å². The lowest BCUT2D eigenvalue weighted by atomic mass is 10.00. The van der Waals surface area contributed by atoms with E-state index in [1.54, 1.807) is 21.0 Å². The third kappa shape index (κ3) is 2.35. The van der Waals surface area contributed by atoms with E-state index in [2.05, 4.69) is 10.4 Å². The Labute approximate surface area is 115 Å². The highest BCUT2D eigenvalue weighted by Gasteiger charge is 2.26. The maximum atomic E-state index is 14.2. The average molecular weight is 286 g/mol. The lowest BCUT2D eigenvalue weighted by Gasteiger charge is -2.19. The molecule has 2 rings (SSSR count). The number of nitrogens with zero attached hydrogens (tertiary/aromatic N) is 2. The van der Waals surface area contributed by atoms with Crippen LogP contribution >= 0.6 is 11.6 Å². The Balaban J connectivity index is 2.64. The normalized spacial score (nSPS) is 12.7. The van der Waals surface area contributed by atoms with Crippen LogP contribution in [0.3, 0.4) is 0 Å². The zero-order valence-corrected chi connectivity index (χ0v) is 11.6. The van der Waals surface area contributed by atoms with Crippen molar-refractivity contribution >= 4 is 11.6 Å². The first-order chi connectivity index (χ1) is 8.97. The molecule has 0 aliphatic rings. The van der Waals surface area contributed by atoms with Gasteiger partial charge in [-0.1, -0.05) is 17.7 Å². The summed E-state index contributed by atoms with van der Waals surface area (Å²) in [4.78, 5) is 0. The lowest BCUT2D eigenvalue weighted by Crippen LogP contribution is -2.23. The highest BCUT2D eigenvalue weighted by molar-refractivity contribution is 6.31. The number of aromatic nitrogens is 2. The van der Waals surface area contributed by atoms with E-state index in [1.807, 2.05) is 0 Å². The Morgan fingerprint density at radius 3 is 2.58 bits per heavy atom. The van der Waals surface area contributed by atoms with Crippen molar-refractivity contribution in [1.82, 2.24) is 15.1 Å². The summed E-state index contributed by atoms with van der Waals surface area (Å²) < 4.78 is 29.7. The van der Waals surface area contributed by atoms with Crippen LogP contribution in [0.1, 0.15) is 22.9 Å². The molecule has 0 saturated heterocycles. The molecule has 1 unspecified atom stereocenters. The predicted molar refractivity (Wildman–Crippen MR) is 70.2 cm³/mol. The van der Waals surface area contributed by atoms with Gasteiger partial charge >= 0.3 is 0 Å². The number of hydrogen-bond donors (Lipinski definition) is 1. The van der Waals surface area contributed by atoms with E-state index in [-0.39, 0.29) is 5.56 Å². The van der Waals surface area contributed by atoms with Crippen molar-refractivity contribution in [3.8, 4) is 0 Å². The van der Waals surface area contributed by atoms with Crippen LogP contribution in [0.15, 0.2) is 18.3 Å². The molecule has 1 N–H and O–H groups in total. The molecule has 0 fully saturated rings. The molecule has 0 spiro atoms. The van der Waals surface area contributed by atoms with Crippen LogP contribution in [-0.2, 0) is 7.05 Å². The van der Waals surface area contributed by atoms with Gasteiger partial charge in [0.05, 0.1) is 23.0 Å². The zero-order valence-electron chi connectivity index (χ0n) is 10.8. The van der Waals surface area contributed by atoms with E-state index in [9.17, 15) is 8.78 Å². The summed E-state index contributed by atoms with van der Waals surface area (Å²) in [7, 11) is 3.30. The van der Waals surface area contributed by atoms with E-state index >= 15 is 0 Å². The van der Waals surface area contributed by atoms with Crippen molar-refractivity contribution in [3.63, 3.8) is 0 Å². The van der Waals surface area contributed by atoms with Crippen molar-refractivity contribution in [3.05, 3.63) is 51.8 Å². The van der Waals surface area contributed by atoms with Gasteiger partial charge in [0, 0.05) is 12.6 Å². The highest BCUT2D eigenvalue weighted by Crippen LogP contribution is 2.31. The molecular weight excluding hydrogens is 272 g/mol. The molecule has 0 saturated carbocycles. The fourth-order valence-electron chi connectivity index (χ4n) is 2.11. The highest BCUT2D eigenvalue weighted by atomic mass is 35.5. The average Bonchev–Trinajstić information content (AvgIpc) is 2.70. The largest absolute Gasteiger partial charge is 0.308 e. The van der Waals surface area contributed by atoms with Gasteiger partial charge in [0.2, 0.25) is 0 Å². The number of halogens is 3. The minimum Gasteiger partial charge on any atom is -0.308 e. The van der Waals surface area contributed by atoms with Gasteiger partial charge in [0.25, 0.3) is 0 Å². The molecule has 1 aromatic heterocycles. The van der Waals surface area contributed by atoms with Crippen molar-refractivity contribution in [2.24, 2.45) is 7.05 Å². The molecule has 1 heterocycles. The van der Waals surface area contributed by atoms with E-state index in [0.29, 0.717) is 16.3 Å². The van der Waals surface area contributed by atoms with Crippen LogP contribution in [0, 0.1) is 18.6 Å². The van der Waals surface area contributed by atoms with Gasteiger partial charge in [-0.15, -0.1) is 0 Å². The molecule has 102 valence electrons. The van der Waals surface area contributed by atoms with Crippen LogP contribution in [-0.4, -0.2) is 16.8 Å². The van der Waals surface area contributed by atoms with Crippen LogP contribution in [0.5, 0.6) is 0 Å².